The third-order valence-corrected chi connectivity index (χ3v) is 4.31. The van der Waals surface area contributed by atoms with Gasteiger partial charge in [0.1, 0.15) is 5.00 Å². The van der Waals surface area contributed by atoms with Crippen molar-refractivity contribution < 1.29 is 19.1 Å². The molecule has 0 atom stereocenters. The Morgan fingerprint density at radius 3 is 2.57 bits per heavy atom. The van der Waals surface area contributed by atoms with Crippen LogP contribution in [0.15, 0.2) is 0 Å². The van der Waals surface area contributed by atoms with Crippen LogP contribution in [-0.2, 0) is 14.3 Å². The monoisotopic (exact) mass is 337 g/mol. The zero-order valence-electron chi connectivity index (χ0n) is 13.6. The zero-order chi connectivity index (χ0) is 17.6. The lowest BCUT2D eigenvalue weighted by molar-refractivity contribution is -0.133. The minimum absolute atomic E-state index is 0.214. The Bertz CT molecular complexity index is 660. The van der Waals surface area contributed by atoms with E-state index in [1.54, 1.807) is 6.92 Å². The van der Waals surface area contributed by atoms with Gasteiger partial charge >= 0.3 is 5.97 Å². The molecule has 0 radical (unpaired) electrons. The maximum absolute atomic E-state index is 12.2. The number of carbonyl (C=O) groups excluding carboxylic acids is 3. The first-order valence-corrected chi connectivity index (χ1v) is 7.75. The van der Waals surface area contributed by atoms with E-state index in [0.717, 1.165) is 4.88 Å². The molecule has 0 aromatic carbocycles. The molecule has 0 bridgehead atoms. The highest BCUT2D eigenvalue weighted by molar-refractivity contribution is 7.16. The number of likely N-dealkylation sites (N-methyl/N-ethyl adjacent to an activating group) is 1. The fourth-order valence-corrected chi connectivity index (χ4v) is 2.87. The van der Waals surface area contributed by atoms with Crippen LogP contribution >= 0.6 is 11.3 Å². The highest BCUT2D eigenvalue weighted by Gasteiger charge is 2.22. The van der Waals surface area contributed by atoms with E-state index in [2.05, 4.69) is 5.32 Å². The topological polar surface area (TPSA) is 99.5 Å². The van der Waals surface area contributed by atoms with Crippen LogP contribution in [0.2, 0.25) is 0 Å². The van der Waals surface area contributed by atoms with E-state index in [1.807, 2.05) is 13.0 Å². The van der Waals surface area contributed by atoms with E-state index in [9.17, 15) is 14.4 Å². The number of rotatable bonds is 6. The summed E-state index contributed by atoms with van der Waals surface area (Å²) >= 11 is 1.29. The molecule has 0 aliphatic rings. The Morgan fingerprint density at radius 1 is 1.35 bits per heavy atom. The maximum atomic E-state index is 12.2. The molecule has 7 nitrogen and oxygen atoms in total. The van der Waals surface area contributed by atoms with Gasteiger partial charge in [-0.05, 0) is 19.4 Å². The van der Waals surface area contributed by atoms with Crippen LogP contribution in [0.4, 0.5) is 5.00 Å². The van der Waals surface area contributed by atoms with Crippen molar-refractivity contribution in [3.8, 4) is 6.07 Å². The molecule has 8 heteroatoms. The van der Waals surface area contributed by atoms with Gasteiger partial charge in [0.05, 0.1) is 18.1 Å². The lowest BCUT2D eigenvalue weighted by atomic mass is 10.1. The number of hydrogen-bond acceptors (Lipinski definition) is 6. The Morgan fingerprint density at radius 2 is 2.00 bits per heavy atom. The van der Waals surface area contributed by atoms with Crippen LogP contribution in [0, 0.1) is 25.2 Å². The van der Waals surface area contributed by atoms with Gasteiger partial charge in [0.15, 0.2) is 6.61 Å². The van der Waals surface area contributed by atoms with Gasteiger partial charge in [-0.3, -0.25) is 9.59 Å². The van der Waals surface area contributed by atoms with Crippen molar-refractivity contribution >= 4 is 34.1 Å². The molecule has 0 unspecified atom stereocenters. The summed E-state index contributed by atoms with van der Waals surface area (Å²) in [6.45, 7) is 4.82. The molecule has 1 rings (SSSR count). The molecule has 2 amide bonds. The highest BCUT2D eigenvalue weighted by Crippen LogP contribution is 2.32. The SMILES string of the molecule is CC(=O)Nc1sc(C)c(C)c1C(=O)OCC(=O)N(C)CCC#N. The summed E-state index contributed by atoms with van der Waals surface area (Å²) in [5.41, 5.74) is 0.990. The second kappa shape index (κ2) is 8.29. The number of amides is 2. The molecule has 0 aliphatic carbocycles. The molecule has 23 heavy (non-hydrogen) atoms. The smallest absolute Gasteiger partial charge is 0.341 e. The molecule has 1 N–H and O–H groups in total. The van der Waals surface area contributed by atoms with E-state index in [0.29, 0.717) is 10.6 Å². The summed E-state index contributed by atoms with van der Waals surface area (Å²) < 4.78 is 5.05. The second-order valence-electron chi connectivity index (χ2n) is 4.97. The maximum Gasteiger partial charge on any atom is 0.341 e. The van der Waals surface area contributed by atoms with Crippen LogP contribution in [-0.4, -0.2) is 42.9 Å². The fourth-order valence-electron chi connectivity index (χ4n) is 1.77. The van der Waals surface area contributed by atoms with Gasteiger partial charge in [-0.15, -0.1) is 11.3 Å². The quantitative estimate of drug-likeness (QED) is 0.799. The van der Waals surface area contributed by atoms with E-state index in [-0.39, 0.29) is 30.3 Å². The first-order valence-electron chi connectivity index (χ1n) is 6.93. The average molecular weight is 337 g/mol. The average Bonchev–Trinajstić information content (AvgIpc) is 2.75. The Hall–Kier alpha value is -2.40. The second-order valence-corrected chi connectivity index (χ2v) is 6.19. The van der Waals surface area contributed by atoms with Gasteiger partial charge in [0, 0.05) is 25.4 Å². The molecular weight excluding hydrogens is 318 g/mol. The Kier molecular flexibility index (Phi) is 6.72. The summed E-state index contributed by atoms with van der Waals surface area (Å²) in [4.78, 5) is 37.5. The van der Waals surface area contributed by atoms with Crippen molar-refractivity contribution in [1.29, 1.82) is 5.26 Å². The largest absolute Gasteiger partial charge is 0.452 e. The van der Waals surface area contributed by atoms with Crippen molar-refractivity contribution in [1.82, 2.24) is 4.90 Å². The molecule has 1 aromatic rings. The van der Waals surface area contributed by atoms with Crippen molar-refractivity contribution in [2.75, 3.05) is 25.5 Å². The predicted molar refractivity (Wildman–Crippen MR) is 86.2 cm³/mol. The van der Waals surface area contributed by atoms with Crippen molar-refractivity contribution in [3.05, 3.63) is 16.0 Å². The van der Waals surface area contributed by atoms with Gasteiger partial charge < -0.3 is 15.0 Å². The molecule has 0 saturated heterocycles. The van der Waals surface area contributed by atoms with Crippen LogP contribution in [0.1, 0.15) is 34.1 Å². The molecule has 0 aliphatic heterocycles. The number of esters is 1. The zero-order valence-corrected chi connectivity index (χ0v) is 14.4. The van der Waals surface area contributed by atoms with Crippen LogP contribution < -0.4 is 5.32 Å². The van der Waals surface area contributed by atoms with E-state index >= 15 is 0 Å². The van der Waals surface area contributed by atoms with Crippen molar-refractivity contribution in [3.63, 3.8) is 0 Å². The molecule has 1 heterocycles. The lowest BCUT2D eigenvalue weighted by Gasteiger charge is -2.15. The number of ether oxygens (including phenoxy) is 1. The summed E-state index contributed by atoms with van der Waals surface area (Å²) in [5, 5.41) is 11.5. The first-order chi connectivity index (χ1) is 10.8. The van der Waals surface area contributed by atoms with E-state index < -0.39 is 12.6 Å². The third-order valence-electron chi connectivity index (χ3n) is 3.19. The summed E-state index contributed by atoms with van der Waals surface area (Å²) in [6.07, 6.45) is 0.214. The van der Waals surface area contributed by atoms with Gasteiger partial charge in [-0.2, -0.15) is 5.26 Å². The molecule has 0 fully saturated rings. The molecule has 1 aromatic heterocycles. The Balaban J connectivity index is 2.77. The van der Waals surface area contributed by atoms with Crippen LogP contribution in [0.5, 0.6) is 0 Å². The van der Waals surface area contributed by atoms with Gasteiger partial charge in [0.2, 0.25) is 5.91 Å². The van der Waals surface area contributed by atoms with Crippen LogP contribution in [0.25, 0.3) is 0 Å². The molecular formula is C15H19N3O4S. The highest BCUT2D eigenvalue weighted by atomic mass is 32.1. The normalized spacial score (nSPS) is 9.87. The third kappa shape index (κ3) is 5.07. The van der Waals surface area contributed by atoms with Crippen molar-refractivity contribution in [2.24, 2.45) is 0 Å². The van der Waals surface area contributed by atoms with Crippen LogP contribution in [0.3, 0.4) is 0 Å². The van der Waals surface area contributed by atoms with Crippen molar-refractivity contribution in [2.45, 2.75) is 27.2 Å². The number of anilines is 1. The number of carbonyl (C=O) groups is 3. The summed E-state index contributed by atoms with van der Waals surface area (Å²) in [5.74, 6) is -1.33. The molecule has 0 spiro atoms. The number of aryl methyl sites for hydroxylation is 1. The number of hydrogen-bond donors (Lipinski definition) is 1. The van der Waals surface area contributed by atoms with Gasteiger partial charge in [0.25, 0.3) is 5.91 Å². The van der Waals surface area contributed by atoms with E-state index in [4.69, 9.17) is 10.00 Å². The molecule has 0 saturated carbocycles. The number of nitrogens with one attached hydrogen (secondary N) is 1. The number of nitriles is 1. The van der Waals surface area contributed by atoms with E-state index in [1.165, 1.54) is 30.2 Å². The summed E-state index contributed by atoms with van der Waals surface area (Å²) in [6, 6.07) is 1.94. The fraction of sp³-hybridized carbons (Fsp3) is 0.467. The number of nitrogens with zero attached hydrogens (tertiary/aromatic N) is 2. The minimum atomic E-state index is -0.655. The molecule has 124 valence electrons. The minimum Gasteiger partial charge on any atom is -0.452 e. The van der Waals surface area contributed by atoms with Gasteiger partial charge in [-0.1, -0.05) is 0 Å². The standard InChI is InChI=1S/C15H19N3O4S/c1-9-10(2)23-14(17-11(3)19)13(9)15(21)22-8-12(20)18(4)7-5-6-16/h5,7-8H2,1-4H3,(H,17,19). The first kappa shape index (κ1) is 18.6. The number of thiophene rings is 1. The van der Waals surface area contributed by atoms with Gasteiger partial charge in [-0.25, -0.2) is 4.79 Å². The summed E-state index contributed by atoms with van der Waals surface area (Å²) in [7, 11) is 1.54. The Labute approximate surface area is 138 Å². The predicted octanol–water partition coefficient (Wildman–Crippen LogP) is 1.85. The lowest BCUT2D eigenvalue weighted by Crippen LogP contribution is -2.32.